The molecule has 0 unspecified atom stereocenters. The van der Waals surface area contributed by atoms with Gasteiger partial charge in [0.1, 0.15) is 5.58 Å². The van der Waals surface area contributed by atoms with Gasteiger partial charge in [0.2, 0.25) is 11.8 Å². The zero-order valence-electron chi connectivity index (χ0n) is 12.1. The fraction of sp³-hybridized carbons (Fsp3) is 0.188. The quantitative estimate of drug-likeness (QED) is 0.626. The number of fused-ring (bicyclic) bond motifs is 1. The van der Waals surface area contributed by atoms with E-state index in [0.717, 1.165) is 17.0 Å². The smallest absolute Gasteiger partial charge is 0.243 e. The van der Waals surface area contributed by atoms with Gasteiger partial charge in [0.25, 0.3) is 0 Å². The second-order valence-electron chi connectivity index (χ2n) is 4.74. The highest BCUT2D eigenvalue weighted by molar-refractivity contribution is 5.96. The summed E-state index contributed by atoms with van der Waals surface area (Å²) in [6.07, 6.45) is 1.10. The Hall–Kier alpha value is -2.89. The maximum atomic E-state index is 11.6. The van der Waals surface area contributed by atoms with Crippen LogP contribution >= 0.6 is 0 Å². The van der Waals surface area contributed by atoms with Crippen LogP contribution in [0.15, 0.2) is 41.3 Å². The summed E-state index contributed by atoms with van der Waals surface area (Å²) in [6, 6.07) is 7.12. The summed E-state index contributed by atoms with van der Waals surface area (Å²) < 4.78 is 5.44. The molecule has 2 aromatic rings. The molecule has 0 bridgehead atoms. The molecule has 22 heavy (non-hydrogen) atoms. The van der Waals surface area contributed by atoms with Gasteiger partial charge in [-0.15, -0.1) is 0 Å². The van der Waals surface area contributed by atoms with Gasteiger partial charge in [-0.1, -0.05) is 18.7 Å². The molecule has 1 aromatic carbocycles. The lowest BCUT2D eigenvalue weighted by Gasteiger charge is -2.05. The standard InChI is InChI=1S/C16H16N2O4/c1-3-15(20)18-9-16(21)17-8-11-4-5-12-7-13(10(2)19)22-14(12)6-11/h3-7H,1,8-9H2,2H3,(H,17,21)(H,18,20). The number of Topliss-reactive ketones (excluding diaryl/α,β-unsaturated/α-hetero) is 1. The Morgan fingerprint density at radius 2 is 2.00 bits per heavy atom. The largest absolute Gasteiger partial charge is 0.453 e. The predicted molar refractivity (Wildman–Crippen MR) is 81.3 cm³/mol. The normalized spacial score (nSPS) is 10.2. The molecule has 2 rings (SSSR count). The molecule has 0 aliphatic rings. The van der Waals surface area contributed by atoms with Gasteiger partial charge < -0.3 is 15.1 Å². The first-order valence-corrected chi connectivity index (χ1v) is 6.70. The molecule has 2 N–H and O–H groups in total. The number of carbonyl (C=O) groups excluding carboxylic acids is 3. The average molecular weight is 300 g/mol. The molecule has 0 fully saturated rings. The molecule has 1 aromatic heterocycles. The van der Waals surface area contributed by atoms with Crippen LogP contribution < -0.4 is 10.6 Å². The van der Waals surface area contributed by atoms with E-state index in [0.29, 0.717) is 17.9 Å². The summed E-state index contributed by atoms with van der Waals surface area (Å²) in [6.45, 7) is 4.93. The molecule has 0 aliphatic heterocycles. The zero-order chi connectivity index (χ0) is 16.1. The molecule has 0 aliphatic carbocycles. The van der Waals surface area contributed by atoms with Gasteiger partial charge in [0, 0.05) is 18.9 Å². The van der Waals surface area contributed by atoms with Gasteiger partial charge >= 0.3 is 0 Å². The van der Waals surface area contributed by atoms with Crippen molar-refractivity contribution in [1.29, 1.82) is 0 Å². The van der Waals surface area contributed by atoms with E-state index < -0.39 is 5.91 Å². The third kappa shape index (κ3) is 3.82. The monoisotopic (exact) mass is 300 g/mol. The minimum Gasteiger partial charge on any atom is -0.453 e. The zero-order valence-corrected chi connectivity index (χ0v) is 12.1. The number of hydrogen-bond acceptors (Lipinski definition) is 4. The molecule has 0 saturated carbocycles. The second kappa shape index (κ2) is 6.71. The average Bonchev–Trinajstić information content (AvgIpc) is 2.93. The lowest BCUT2D eigenvalue weighted by atomic mass is 10.1. The molecular weight excluding hydrogens is 284 g/mol. The summed E-state index contributed by atoms with van der Waals surface area (Å²) in [5.74, 6) is -0.532. The molecule has 0 spiro atoms. The first-order valence-electron chi connectivity index (χ1n) is 6.70. The topological polar surface area (TPSA) is 88.4 Å². The van der Waals surface area contributed by atoms with Crippen molar-refractivity contribution in [2.45, 2.75) is 13.5 Å². The van der Waals surface area contributed by atoms with E-state index in [1.807, 2.05) is 12.1 Å². The Morgan fingerprint density at radius 1 is 1.23 bits per heavy atom. The van der Waals surface area contributed by atoms with Crippen LogP contribution in [-0.4, -0.2) is 24.1 Å². The Kier molecular flexibility index (Phi) is 4.73. The minimum atomic E-state index is -0.399. The van der Waals surface area contributed by atoms with Gasteiger partial charge in [-0.2, -0.15) is 0 Å². The van der Waals surface area contributed by atoms with Crippen LogP contribution in [-0.2, 0) is 16.1 Å². The number of rotatable bonds is 6. The summed E-state index contributed by atoms with van der Waals surface area (Å²) >= 11 is 0. The van der Waals surface area contributed by atoms with Crippen molar-refractivity contribution in [2.75, 3.05) is 6.54 Å². The molecule has 0 saturated heterocycles. The van der Waals surface area contributed by atoms with Gasteiger partial charge in [-0.05, 0) is 23.8 Å². The van der Waals surface area contributed by atoms with Gasteiger partial charge in [-0.3, -0.25) is 14.4 Å². The third-order valence-electron chi connectivity index (χ3n) is 3.03. The molecule has 6 heteroatoms. The number of carbonyl (C=O) groups is 3. The maximum Gasteiger partial charge on any atom is 0.243 e. The van der Waals surface area contributed by atoms with E-state index in [2.05, 4.69) is 17.2 Å². The van der Waals surface area contributed by atoms with Crippen LogP contribution in [0.25, 0.3) is 11.0 Å². The van der Waals surface area contributed by atoms with Crippen LogP contribution in [0.2, 0.25) is 0 Å². The van der Waals surface area contributed by atoms with Gasteiger partial charge in [0.05, 0.1) is 6.54 Å². The van der Waals surface area contributed by atoms with Crippen LogP contribution in [0.1, 0.15) is 23.0 Å². The Labute approximate surface area is 127 Å². The number of hydrogen-bond donors (Lipinski definition) is 2. The summed E-state index contributed by atoms with van der Waals surface area (Å²) in [7, 11) is 0. The lowest BCUT2D eigenvalue weighted by molar-refractivity contribution is -0.124. The summed E-state index contributed by atoms with van der Waals surface area (Å²) in [4.78, 5) is 33.8. The Balaban J connectivity index is 1.97. The number of benzene rings is 1. The molecule has 0 atom stereocenters. The maximum absolute atomic E-state index is 11.6. The summed E-state index contributed by atoms with van der Waals surface area (Å²) in [5, 5.41) is 5.90. The fourth-order valence-electron chi connectivity index (χ4n) is 1.86. The van der Waals surface area contributed by atoms with E-state index >= 15 is 0 Å². The van der Waals surface area contributed by atoms with E-state index in [4.69, 9.17) is 4.42 Å². The first-order chi connectivity index (χ1) is 10.5. The minimum absolute atomic E-state index is 0.109. The van der Waals surface area contributed by atoms with Crippen molar-refractivity contribution in [3.05, 3.63) is 48.2 Å². The molecule has 6 nitrogen and oxygen atoms in total. The van der Waals surface area contributed by atoms with E-state index in [1.54, 1.807) is 12.1 Å². The fourth-order valence-corrected chi connectivity index (χ4v) is 1.86. The predicted octanol–water partition coefficient (Wildman–Crippen LogP) is 1.55. The van der Waals surface area contributed by atoms with Crippen molar-refractivity contribution in [3.8, 4) is 0 Å². The van der Waals surface area contributed by atoms with Crippen molar-refractivity contribution < 1.29 is 18.8 Å². The molecular formula is C16H16N2O4. The highest BCUT2D eigenvalue weighted by Gasteiger charge is 2.09. The number of furan rings is 1. The molecule has 1 heterocycles. The van der Waals surface area contributed by atoms with Crippen LogP contribution in [0.3, 0.4) is 0 Å². The third-order valence-corrected chi connectivity index (χ3v) is 3.03. The lowest BCUT2D eigenvalue weighted by Crippen LogP contribution is -2.35. The first kappa shape index (κ1) is 15.5. The Morgan fingerprint density at radius 3 is 2.68 bits per heavy atom. The van der Waals surface area contributed by atoms with Crippen LogP contribution in [0.5, 0.6) is 0 Å². The van der Waals surface area contributed by atoms with Crippen molar-refractivity contribution >= 4 is 28.6 Å². The molecule has 2 amide bonds. The van der Waals surface area contributed by atoms with Crippen molar-refractivity contribution in [2.24, 2.45) is 0 Å². The number of amides is 2. The van der Waals surface area contributed by atoms with E-state index in [1.165, 1.54) is 6.92 Å². The van der Waals surface area contributed by atoms with Crippen LogP contribution in [0, 0.1) is 0 Å². The van der Waals surface area contributed by atoms with Crippen LogP contribution in [0.4, 0.5) is 0 Å². The number of nitrogens with one attached hydrogen (secondary N) is 2. The molecule has 0 radical (unpaired) electrons. The second-order valence-corrected chi connectivity index (χ2v) is 4.74. The van der Waals surface area contributed by atoms with E-state index in [-0.39, 0.29) is 18.2 Å². The highest BCUT2D eigenvalue weighted by atomic mass is 16.3. The summed E-state index contributed by atoms with van der Waals surface area (Å²) in [5.41, 5.74) is 1.43. The number of ketones is 1. The SMILES string of the molecule is C=CC(=O)NCC(=O)NCc1ccc2cc(C(C)=O)oc2c1. The van der Waals surface area contributed by atoms with Gasteiger partial charge in [-0.25, -0.2) is 0 Å². The molecule has 114 valence electrons. The van der Waals surface area contributed by atoms with Crippen molar-refractivity contribution in [1.82, 2.24) is 10.6 Å². The highest BCUT2D eigenvalue weighted by Crippen LogP contribution is 2.21. The van der Waals surface area contributed by atoms with Crippen molar-refractivity contribution in [3.63, 3.8) is 0 Å². The van der Waals surface area contributed by atoms with Gasteiger partial charge in [0.15, 0.2) is 11.5 Å². The Bertz CT molecular complexity index is 746. The van der Waals surface area contributed by atoms with E-state index in [9.17, 15) is 14.4 Å².